The van der Waals surface area contributed by atoms with Gasteiger partial charge in [0.05, 0.1) is 0 Å². The molecule has 4 nitrogen and oxygen atoms in total. The molecule has 2 fully saturated rings. The summed E-state index contributed by atoms with van der Waals surface area (Å²) in [6.45, 7) is 4.13. The summed E-state index contributed by atoms with van der Waals surface area (Å²) < 4.78 is 5.73. The average Bonchev–Trinajstić information content (AvgIpc) is 2.57. The SMILES string of the molecule is CC12CCC(C)(CC(=O)C1)C2OC(=O)Nc1ccccc1. The highest BCUT2D eigenvalue weighted by molar-refractivity contribution is 5.85. The van der Waals surface area contributed by atoms with E-state index in [-0.39, 0.29) is 16.9 Å². The van der Waals surface area contributed by atoms with Crippen LogP contribution in [0.3, 0.4) is 0 Å². The lowest BCUT2D eigenvalue weighted by Crippen LogP contribution is -2.47. The monoisotopic (exact) mass is 287 g/mol. The summed E-state index contributed by atoms with van der Waals surface area (Å²) in [6.07, 6.45) is 2.31. The summed E-state index contributed by atoms with van der Waals surface area (Å²) in [6, 6.07) is 9.27. The molecule has 0 aliphatic heterocycles. The van der Waals surface area contributed by atoms with Crippen LogP contribution in [0.15, 0.2) is 30.3 Å². The van der Waals surface area contributed by atoms with E-state index in [9.17, 15) is 9.59 Å². The Hall–Kier alpha value is -1.84. The zero-order valence-electron chi connectivity index (χ0n) is 12.5. The van der Waals surface area contributed by atoms with Gasteiger partial charge in [0.15, 0.2) is 0 Å². The van der Waals surface area contributed by atoms with E-state index in [4.69, 9.17) is 4.74 Å². The fourth-order valence-electron chi connectivity index (χ4n) is 4.06. The summed E-state index contributed by atoms with van der Waals surface area (Å²) in [5, 5.41) is 2.76. The minimum absolute atomic E-state index is 0.189. The molecule has 0 aromatic heterocycles. The predicted molar refractivity (Wildman–Crippen MR) is 80.0 cm³/mol. The van der Waals surface area contributed by atoms with Crippen LogP contribution < -0.4 is 5.32 Å². The molecule has 0 saturated heterocycles. The Labute approximate surface area is 124 Å². The molecule has 0 heterocycles. The van der Waals surface area contributed by atoms with Gasteiger partial charge in [-0.05, 0) is 25.0 Å². The molecule has 0 radical (unpaired) electrons. The number of rotatable bonds is 2. The van der Waals surface area contributed by atoms with Gasteiger partial charge in [0, 0.05) is 29.4 Å². The molecule has 2 saturated carbocycles. The molecule has 1 N–H and O–H groups in total. The molecule has 112 valence electrons. The summed E-state index contributed by atoms with van der Waals surface area (Å²) in [4.78, 5) is 24.0. The Morgan fingerprint density at radius 1 is 1.14 bits per heavy atom. The third-order valence-electron chi connectivity index (χ3n) is 4.98. The largest absolute Gasteiger partial charge is 0.445 e. The van der Waals surface area contributed by atoms with E-state index in [1.807, 2.05) is 30.3 Å². The number of nitrogens with one attached hydrogen (secondary N) is 1. The van der Waals surface area contributed by atoms with E-state index in [1.165, 1.54) is 0 Å². The van der Waals surface area contributed by atoms with Gasteiger partial charge in [0.25, 0.3) is 0 Å². The second-order valence-corrected chi connectivity index (χ2v) is 6.98. The molecule has 1 aromatic carbocycles. The molecule has 2 unspecified atom stereocenters. The first kappa shape index (κ1) is 14.1. The van der Waals surface area contributed by atoms with Crippen LogP contribution in [0.1, 0.15) is 39.5 Å². The van der Waals surface area contributed by atoms with Crippen molar-refractivity contribution in [1.82, 2.24) is 0 Å². The van der Waals surface area contributed by atoms with Crippen molar-refractivity contribution < 1.29 is 14.3 Å². The minimum Gasteiger partial charge on any atom is -0.445 e. The van der Waals surface area contributed by atoms with E-state index >= 15 is 0 Å². The van der Waals surface area contributed by atoms with Crippen LogP contribution in [0.2, 0.25) is 0 Å². The number of hydrogen-bond acceptors (Lipinski definition) is 3. The number of carbonyl (C=O) groups excluding carboxylic acids is 2. The highest BCUT2D eigenvalue weighted by Gasteiger charge is 2.59. The van der Waals surface area contributed by atoms with Gasteiger partial charge in [-0.1, -0.05) is 32.0 Å². The lowest BCUT2D eigenvalue weighted by atomic mass is 9.67. The van der Waals surface area contributed by atoms with E-state index in [1.54, 1.807) is 0 Å². The molecule has 3 rings (SSSR count). The third-order valence-corrected chi connectivity index (χ3v) is 4.98. The zero-order valence-corrected chi connectivity index (χ0v) is 12.5. The second kappa shape index (κ2) is 4.86. The van der Waals surface area contributed by atoms with Gasteiger partial charge >= 0.3 is 6.09 Å². The van der Waals surface area contributed by atoms with Crippen molar-refractivity contribution >= 4 is 17.6 Å². The molecular weight excluding hydrogens is 266 g/mol. The van der Waals surface area contributed by atoms with Crippen LogP contribution in [-0.4, -0.2) is 18.0 Å². The molecule has 2 aliphatic carbocycles. The molecule has 0 spiro atoms. The number of ether oxygens (including phenoxy) is 1. The Bertz CT molecular complexity index is 549. The van der Waals surface area contributed by atoms with Gasteiger partial charge < -0.3 is 4.74 Å². The maximum absolute atomic E-state index is 12.1. The Kier molecular flexibility index (Phi) is 3.27. The molecule has 4 heteroatoms. The molecular formula is C17H21NO3. The van der Waals surface area contributed by atoms with Crippen molar-refractivity contribution in [1.29, 1.82) is 0 Å². The van der Waals surface area contributed by atoms with Crippen molar-refractivity contribution in [2.75, 3.05) is 5.32 Å². The Morgan fingerprint density at radius 2 is 1.71 bits per heavy atom. The highest BCUT2D eigenvalue weighted by Crippen LogP contribution is 2.58. The van der Waals surface area contributed by atoms with Crippen LogP contribution >= 0.6 is 0 Å². The van der Waals surface area contributed by atoms with Crippen LogP contribution in [0.25, 0.3) is 0 Å². The fourth-order valence-corrected chi connectivity index (χ4v) is 4.06. The Morgan fingerprint density at radius 3 is 2.29 bits per heavy atom. The summed E-state index contributed by atoms with van der Waals surface area (Å²) in [5.74, 6) is 0.292. The van der Waals surface area contributed by atoms with Gasteiger partial charge in [-0.15, -0.1) is 0 Å². The van der Waals surface area contributed by atoms with Crippen LogP contribution in [0.5, 0.6) is 0 Å². The summed E-state index contributed by atoms with van der Waals surface area (Å²) >= 11 is 0. The van der Waals surface area contributed by atoms with Gasteiger partial charge in [-0.25, -0.2) is 4.79 Å². The zero-order chi connectivity index (χ0) is 15.1. The maximum Gasteiger partial charge on any atom is 0.411 e. The number of fused-ring (bicyclic) bond motifs is 2. The van der Waals surface area contributed by atoms with Crippen LogP contribution in [-0.2, 0) is 9.53 Å². The topological polar surface area (TPSA) is 55.4 Å². The Balaban J connectivity index is 1.72. The van der Waals surface area contributed by atoms with Gasteiger partial charge in [-0.3, -0.25) is 10.1 Å². The highest BCUT2D eigenvalue weighted by atomic mass is 16.6. The number of benzene rings is 1. The van der Waals surface area contributed by atoms with Crippen LogP contribution in [0, 0.1) is 10.8 Å². The van der Waals surface area contributed by atoms with Crippen molar-refractivity contribution in [3.63, 3.8) is 0 Å². The quantitative estimate of drug-likeness (QED) is 0.900. The lowest BCUT2D eigenvalue weighted by Gasteiger charge is -2.42. The fraction of sp³-hybridized carbons (Fsp3) is 0.529. The predicted octanol–water partition coefficient (Wildman–Crippen LogP) is 3.77. The number of hydrogen-bond donors (Lipinski definition) is 1. The number of amides is 1. The molecule has 1 amide bonds. The number of anilines is 1. The molecule has 2 atom stereocenters. The van der Waals surface area contributed by atoms with Crippen molar-refractivity contribution in [2.45, 2.75) is 45.6 Å². The third kappa shape index (κ3) is 2.55. The molecule has 21 heavy (non-hydrogen) atoms. The first-order valence-electron chi connectivity index (χ1n) is 7.46. The number of para-hydroxylation sites is 1. The van der Waals surface area contributed by atoms with E-state index in [0.29, 0.717) is 18.6 Å². The van der Waals surface area contributed by atoms with Crippen LogP contribution in [0.4, 0.5) is 10.5 Å². The van der Waals surface area contributed by atoms with E-state index < -0.39 is 6.09 Å². The average molecular weight is 287 g/mol. The standard InChI is InChI=1S/C17H21NO3/c1-16-8-9-17(2,11-13(19)10-16)14(16)21-15(20)18-12-6-4-3-5-7-12/h3-7,14H,8-11H2,1-2H3,(H,18,20). The second-order valence-electron chi connectivity index (χ2n) is 6.98. The summed E-state index contributed by atoms with van der Waals surface area (Å²) in [7, 11) is 0. The van der Waals surface area contributed by atoms with Crippen molar-refractivity contribution in [3.8, 4) is 0 Å². The van der Waals surface area contributed by atoms with Crippen molar-refractivity contribution in [2.24, 2.45) is 10.8 Å². The minimum atomic E-state index is -0.431. The first-order valence-corrected chi connectivity index (χ1v) is 7.46. The smallest absolute Gasteiger partial charge is 0.411 e. The number of Topliss-reactive ketones (excluding diaryl/α,β-unsaturated/α-hetero) is 1. The first-order chi connectivity index (χ1) is 9.91. The number of carbonyl (C=O) groups is 2. The van der Waals surface area contributed by atoms with E-state index in [0.717, 1.165) is 18.5 Å². The lowest BCUT2D eigenvalue weighted by molar-refractivity contribution is -0.134. The molecule has 2 aliphatic rings. The van der Waals surface area contributed by atoms with Gasteiger partial charge in [0.1, 0.15) is 11.9 Å². The van der Waals surface area contributed by atoms with Gasteiger partial charge in [-0.2, -0.15) is 0 Å². The van der Waals surface area contributed by atoms with E-state index in [2.05, 4.69) is 19.2 Å². The van der Waals surface area contributed by atoms with Crippen molar-refractivity contribution in [3.05, 3.63) is 30.3 Å². The molecule has 2 bridgehead atoms. The number of ketones is 1. The normalized spacial score (nSPS) is 34.6. The summed E-state index contributed by atoms with van der Waals surface area (Å²) in [5.41, 5.74) is 0.299. The maximum atomic E-state index is 12.1. The van der Waals surface area contributed by atoms with Gasteiger partial charge in [0.2, 0.25) is 0 Å². The molecule has 1 aromatic rings.